The summed E-state index contributed by atoms with van der Waals surface area (Å²) in [5.74, 6) is 0.793. The maximum Gasteiger partial charge on any atom is 0.0773 e. The van der Waals surface area contributed by atoms with E-state index < -0.39 is 0 Å². The molecule has 0 radical (unpaired) electrons. The van der Waals surface area contributed by atoms with Crippen molar-refractivity contribution < 1.29 is 4.74 Å². The highest BCUT2D eigenvalue weighted by Crippen LogP contribution is 2.25. The SMILES string of the molecule is CCC(C)(CN)OCC1CCCCC1. The van der Waals surface area contributed by atoms with Gasteiger partial charge in [-0.2, -0.15) is 0 Å². The molecule has 1 unspecified atom stereocenters. The van der Waals surface area contributed by atoms with Gasteiger partial charge >= 0.3 is 0 Å². The molecule has 0 bridgehead atoms. The van der Waals surface area contributed by atoms with Gasteiger partial charge in [-0.05, 0) is 32.1 Å². The van der Waals surface area contributed by atoms with Gasteiger partial charge in [0, 0.05) is 6.54 Å². The molecular weight excluding hydrogens is 174 g/mol. The van der Waals surface area contributed by atoms with E-state index in [4.69, 9.17) is 10.5 Å². The maximum absolute atomic E-state index is 5.94. The van der Waals surface area contributed by atoms with E-state index in [-0.39, 0.29) is 5.60 Å². The molecular formula is C12H25NO. The standard InChI is InChI=1S/C12H25NO/c1-3-12(2,10-13)14-9-11-7-5-4-6-8-11/h11H,3-10,13H2,1-2H3. The topological polar surface area (TPSA) is 35.2 Å². The van der Waals surface area contributed by atoms with Crippen molar-refractivity contribution in [3.05, 3.63) is 0 Å². The van der Waals surface area contributed by atoms with Crippen LogP contribution in [0, 0.1) is 5.92 Å². The van der Waals surface area contributed by atoms with Gasteiger partial charge in [-0.15, -0.1) is 0 Å². The number of ether oxygens (including phenoxy) is 1. The van der Waals surface area contributed by atoms with Crippen LogP contribution >= 0.6 is 0 Å². The van der Waals surface area contributed by atoms with E-state index >= 15 is 0 Å². The second-order valence-electron chi connectivity index (χ2n) is 4.82. The lowest BCUT2D eigenvalue weighted by molar-refractivity contribution is -0.0489. The average Bonchev–Trinajstić information content (AvgIpc) is 2.27. The van der Waals surface area contributed by atoms with Gasteiger partial charge in [-0.25, -0.2) is 0 Å². The Kier molecular flexibility index (Phi) is 4.90. The summed E-state index contributed by atoms with van der Waals surface area (Å²) in [5, 5.41) is 0. The Balaban J connectivity index is 2.23. The first kappa shape index (κ1) is 12.0. The molecule has 0 saturated heterocycles. The fourth-order valence-electron chi connectivity index (χ4n) is 1.98. The Labute approximate surface area is 88.2 Å². The van der Waals surface area contributed by atoms with Gasteiger partial charge in [0.2, 0.25) is 0 Å². The summed E-state index contributed by atoms with van der Waals surface area (Å²) >= 11 is 0. The molecule has 0 aromatic carbocycles. The van der Waals surface area contributed by atoms with Gasteiger partial charge in [-0.1, -0.05) is 26.2 Å². The van der Waals surface area contributed by atoms with Crippen molar-refractivity contribution in [1.29, 1.82) is 0 Å². The fourth-order valence-corrected chi connectivity index (χ4v) is 1.98. The summed E-state index contributed by atoms with van der Waals surface area (Å²) in [6.45, 7) is 5.82. The minimum Gasteiger partial charge on any atom is -0.374 e. The largest absolute Gasteiger partial charge is 0.374 e. The first-order chi connectivity index (χ1) is 6.70. The first-order valence-electron chi connectivity index (χ1n) is 6.04. The normalized spacial score (nSPS) is 23.4. The van der Waals surface area contributed by atoms with Crippen LogP contribution in [0.2, 0.25) is 0 Å². The molecule has 0 aliphatic heterocycles. The van der Waals surface area contributed by atoms with Crippen LogP contribution in [-0.2, 0) is 4.74 Å². The Hall–Kier alpha value is -0.0800. The Morgan fingerprint density at radius 3 is 2.43 bits per heavy atom. The third kappa shape index (κ3) is 3.58. The van der Waals surface area contributed by atoms with Crippen molar-refractivity contribution in [2.24, 2.45) is 11.7 Å². The van der Waals surface area contributed by atoms with E-state index in [0.717, 1.165) is 18.9 Å². The smallest absolute Gasteiger partial charge is 0.0773 e. The second-order valence-corrected chi connectivity index (χ2v) is 4.82. The third-order valence-corrected chi connectivity index (χ3v) is 3.57. The van der Waals surface area contributed by atoms with E-state index in [1.54, 1.807) is 0 Å². The molecule has 0 spiro atoms. The molecule has 1 fully saturated rings. The number of hydrogen-bond donors (Lipinski definition) is 1. The summed E-state index contributed by atoms with van der Waals surface area (Å²) < 4.78 is 5.94. The molecule has 0 amide bonds. The molecule has 2 nitrogen and oxygen atoms in total. The Morgan fingerprint density at radius 1 is 1.29 bits per heavy atom. The minimum absolute atomic E-state index is 0.0859. The number of nitrogens with two attached hydrogens (primary N) is 1. The summed E-state index contributed by atoms with van der Waals surface area (Å²) in [7, 11) is 0. The molecule has 0 aromatic rings. The van der Waals surface area contributed by atoms with Crippen LogP contribution in [0.3, 0.4) is 0 Å². The number of rotatable bonds is 5. The maximum atomic E-state index is 5.94. The monoisotopic (exact) mass is 199 g/mol. The van der Waals surface area contributed by atoms with Crippen molar-refractivity contribution >= 4 is 0 Å². The van der Waals surface area contributed by atoms with E-state index in [9.17, 15) is 0 Å². The fraction of sp³-hybridized carbons (Fsp3) is 1.00. The van der Waals surface area contributed by atoms with Gasteiger partial charge in [0.1, 0.15) is 0 Å². The first-order valence-corrected chi connectivity index (χ1v) is 6.04. The van der Waals surface area contributed by atoms with Gasteiger partial charge in [0.05, 0.1) is 12.2 Å². The molecule has 1 saturated carbocycles. The minimum atomic E-state index is -0.0859. The van der Waals surface area contributed by atoms with Crippen molar-refractivity contribution in [3.63, 3.8) is 0 Å². The lowest BCUT2D eigenvalue weighted by Gasteiger charge is -2.30. The molecule has 1 rings (SSSR count). The van der Waals surface area contributed by atoms with Gasteiger partial charge in [0.25, 0.3) is 0 Å². The predicted octanol–water partition coefficient (Wildman–Crippen LogP) is 2.71. The highest BCUT2D eigenvalue weighted by atomic mass is 16.5. The molecule has 1 aliphatic carbocycles. The van der Waals surface area contributed by atoms with E-state index in [1.807, 2.05) is 0 Å². The highest BCUT2D eigenvalue weighted by molar-refractivity contribution is 4.75. The van der Waals surface area contributed by atoms with Crippen LogP contribution in [0.25, 0.3) is 0 Å². The van der Waals surface area contributed by atoms with Crippen molar-refractivity contribution in [1.82, 2.24) is 0 Å². The summed E-state index contributed by atoms with van der Waals surface area (Å²) in [5.41, 5.74) is 5.62. The molecule has 0 aromatic heterocycles. The Bertz CT molecular complexity index is 148. The molecule has 84 valence electrons. The van der Waals surface area contributed by atoms with Crippen molar-refractivity contribution in [3.8, 4) is 0 Å². The van der Waals surface area contributed by atoms with E-state index in [0.29, 0.717) is 6.54 Å². The zero-order chi connectivity index (χ0) is 10.4. The predicted molar refractivity (Wildman–Crippen MR) is 60.3 cm³/mol. The average molecular weight is 199 g/mol. The molecule has 1 atom stereocenters. The number of hydrogen-bond acceptors (Lipinski definition) is 2. The third-order valence-electron chi connectivity index (χ3n) is 3.57. The van der Waals surface area contributed by atoms with Crippen LogP contribution in [-0.4, -0.2) is 18.8 Å². The van der Waals surface area contributed by atoms with Gasteiger partial charge in [-0.3, -0.25) is 0 Å². The van der Waals surface area contributed by atoms with Crippen LogP contribution in [0.4, 0.5) is 0 Å². The van der Waals surface area contributed by atoms with Crippen LogP contribution < -0.4 is 5.73 Å². The lowest BCUT2D eigenvalue weighted by Crippen LogP contribution is -2.38. The highest BCUT2D eigenvalue weighted by Gasteiger charge is 2.23. The zero-order valence-corrected chi connectivity index (χ0v) is 9.72. The molecule has 2 N–H and O–H groups in total. The van der Waals surface area contributed by atoms with Crippen LogP contribution in [0.15, 0.2) is 0 Å². The summed E-state index contributed by atoms with van der Waals surface area (Å²) in [6.07, 6.45) is 7.91. The van der Waals surface area contributed by atoms with Crippen LogP contribution in [0.1, 0.15) is 52.4 Å². The van der Waals surface area contributed by atoms with Crippen LogP contribution in [0.5, 0.6) is 0 Å². The zero-order valence-electron chi connectivity index (χ0n) is 9.72. The summed E-state index contributed by atoms with van der Waals surface area (Å²) in [4.78, 5) is 0. The lowest BCUT2D eigenvalue weighted by atomic mass is 9.90. The Morgan fingerprint density at radius 2 is 1.93 bits per heavy atom. The second kappa shape index (κ2) is 5.72. The van der Waals surface area contributed by atoms with Gasteiger partial charge in [0.15, 0.2) is 0 Å². The summed E-state index contributed by atoms with van der Waals surface area (Å²) in [6, 6.07) is 0. The van der Waals surface area contributed by atoms with Gasteiger partial charge < -0.3 is 10.5 Å². The van der Waals surface area contributed by atoms with E-state index in [1.165, 1.54) is 32.1 Å². The molecule has 1 aliphatic rings. The van der Waals surface area contributed by atoms with Crippen molar-refractivity contribution in [2.75, 3.05) is 13.2 Å². The molecule has 2 heteroatoms. The molecule has 0 heterocycles. The molecule has 14 heavy (non-hydrogen) atoms. The quantitative estimate of drug-likeness (QED) is 0.739. The van der Waals surface area contributed by atoms with E-state index in [2.05, 4.69) is 13.8 Å². The van der Waals surface area contributed by atoms with Crippen molar-refractivity contribution in [2.45, 2.75) is 58.0 Å².